The summed E-state index contributed by atoms with van der Waals surface area (Å²) < 4.78 is 0.485. The van der Waals surface area contributed by atoms with Crippen LogP contribution in [0.2, 0.25) is 5.02 Å². The van der Waals surface area contributed by atoms with Gasteiger partial charge in [-0.05, 0) is 6.07 Å². The van der Waals surface area contributed by atoms with Crippen molar-refractivity contribution in [2.24, 2.45) is 5.73 Å². The molecule has 1 fully saturated rings. The van der Waals surface area contributed by atoms with E-state index < -0.39 is 4.92 Å². The normalized spacial score (nSPS) is 19.4. The van der Waals surface area contributed by atoms with Crippen LogP contribution in [0.15, 0.2) is 16.6 Å². The predicted octanol–water partition coefficient (Wildman–Crippen LogP) is 2.07. The Morgan fingerprint density at radius 3 is 2.72 bits per heavy atom. The number of hydrogen-bond acceptors (Lipinski definition) is 4. The summed E-state index contributed by atoms with van der Waals surface area (Å²) in [6.07, 6.45) is 0.170. The van der Waals surface area contributed by atoms with Crippen LogP contribution in [0.25, 0.3) is 0 Å². The van der Waals surface area contributed by atoms with Gasteiger partial charge in [-0.15, -0.1) is 0 Å². The van der Waals surface area contributed by atoms with Gasteiger partial charge in [0.2, 0.25) is 5.91 Å². The molecule has 6 nitrogen and oxygen atoms in total. The summed E-state index contributed by atoms with van der Waals surface area (Å²) in [5, 5.41) is 11.2. The lowest BCUT2D eigenvalue weighted by molar-refractivity contribution is -0.384. The van der Waals surface area contributed by atoms with Gasteiger partial charge in [0.1, 0.15) is 5.69 Å². The molecule has 1 atom stereocenters. The SMILES string of the molecule is NC1CC(=O)N(c2c(Cl)cc(Br)cc2[N+](=O)[O-])C1. The van der Waals surface area contributed by atoms with E-state index in [9.17, 15) is 14.9 Å². The van der Waals surface area contributed by atoms with Crippen LogP contribution in [-0.4, -0.2) is 23.4 Å². The molecular formula is C10H9BrClN3O3. The topological polar surface area (TPSA) is 89.5 Å². The number of nitro benzene ring substituents is 1. The number of nitrogens with two attached hydrogens (primary N) is 1. The van der Waals surface area contributed by atoms with Gasteiger partial charge in [-0.3, -0.25) is 14.9 Å². The van der Waals surface area contributed by atoms with Crippen molar-refractivity contribution < 1.29 is 9.72 Å². The van der Waals surface area contributed by atoms with Gasteiger partial charge in [0.25, 0.3) is 5.69 Å². The zero-order chi connectivity index (χ0) is 13.4. The molecule has 0 aliphatic carbocycles. The minimum absolute atomic E-state index is 0.114. The summed E-state index contributed by atoms with van der Waals surface area (Å²) in [5.41, 5.74) is 5.58. The maximum absolute atomic E-state index is 11.8. The number of nitro groups is 1. The van der Waals surface area contributed by atoms with Crippen LogP contribution in [0, 0.1) is 10.1 Å². The van der Waals surface area contributed by atoms with Crippen molar-refractivity contribution in [1.82, 2.24) is 0 Å². The highest BCUT2D eigenvalue weighted by Crippen LogP contribution is 2.39. The lowest BCUT2D eigenvalue weighted by Crippen LogP contribution is -2.28. The van der Waals surface area contributed by atoms with Gasteiger partial charge in [-0.2, -0.15) is 0 Å². The van der Waals surface area contributed by atoms with Crippen LogP contribution in [0.5, 0.6) is 0 Å². The third-order valence-corrected chi connectivity index (χ3v) is 3.38. The highest BCUT2D eigenvalue weighted by molar-refractivity contribution is 9.10. The van der Waals surface area contributed by atoms with Crippen LogP contribution in [-0.2, 0) is 4.79 Å². The third-order valence-electron chi connectivity index (χ3n) is 2.63. The zero-order valence-corrected chi connectivity index (χ0v) is 11.4. The van der Waals surface area contributed by atoms with E-state index >= 15 is 0 Å². The smallest absolute Gasteiger partial charge is 0.295 e. The molecule has 1 aromatic carbocycles. The summed E-state index contributed by atoms with van der Waals surface area (Å²) in [4.78, 5) is 23.5. The molecule has 0 radical (unpaired) electrons. The van der Waals surface area contributed by atoms with Crippen molar-refractivity contribution in [2.45, 2.75) is 12.5 Å². The fraction of sp³-hybridized carbons (Fsp3) is 0.300. The molecule has 1 aliphatic rings. The minimum atomic E-state index is -0.566. The second-order valence-corrected chi connectivity index (χ2v) is 5.30. The summed E-state index contributed by atoms with van der Waals surface area (Å²) >= 11 is 9.14. The Labute approximate surface area is 116 Å². The van der Waals surface area contributed by atoms with Crippen LogP contribution < -0.4 is 10.6 Å². The molecule has 18 heavy (non-hydrogen) atoms. The number of anilines is 1. The highest BCUT2D eigenvalue weighted by atomic mass is 79.9. The van der Waals surface area contributed by atoms with Gasteiger partial charge < -0.3 is 10.6 Å². The Morgan fingerprint density at radius 1 is 1.56 bits per heavy atom. The van der Waals surface area contributed by atoms with Gasteiger partial charge in [0, 0.05) is 29.5 Å². The van der Waals surface area contributed by atoms with Crippen molar-refractivity contribution in [3.63, 3.8) is 0 Å². The molecule has 1 amide bonds. The van der Waals surface area contributed by atoms with Crippen molar-refractivity contribution in [2.75, 3.05) is 11.4 Å². The van der Waals surface area contributed by atoms with Gasteiger partial charge in [0.15, 0.2) is 0 Å². The molecule has 1 unspecified atom stereocenters. The summed E-state index contributed by atoms with van der Waals surface area (Å²) in [7, 11) is 0. The van der Waals surface area contributed by atoms with Crippen LogP contribution in [0.3, 0.4) is 0 Å². The first-order valence-electron chi connectivity index (χ1n) is 5.09. The third kappa shape index (κ3) is 2.33. The molecule has 8 heteroatoms. The fourth-order valence-corrected chi connectivity index (χ4v) is 2.80. The number of rotatable bonds is 2. The number of carbonyl (C=O) groups excluding carboxylic acids is 1. The van der Waals surface area contributed by atoms with Gasteiger partial charge in [0.05, 0.1) is 9.95 Å². The number of halogens is 2. The summed E-state index contributed by atoms with van der Waals surface area (Å²) in [6, 6.07) is 2.51. The lowest BCUT2D eigenvalue weighted by atomic mass is 10.2. The maximum Gasteiger partial charge on any atom is 0.295 e. The summed E-state index contributed by atoms with van der Waals surface area (Å²) in [5.74, 6) is -0.255. The molecule has 0 spiro atoms. The van der Waals surface area contributed by atoms with E-state index in [1.807, 2.05) is 0 Å². The molecule has 1 saturated heterocycles. The Kier molecular flexibility index (Phi) is 3.56. The molecule has 1 aliphatic heterocycles. The van der Waals surface area contributed by atoms with E-state index in [-0.39, 0.29) is 41.3 Å². The maximum atomic E-state index is 11.8. The van der Waals surface area contributed by atoms with E-state index in [4.69, 9.17) is 17.3 Å². The molecule has 96 valence electrons. The number of amides is 1. The second-order valence-electron chi connectivity index (χ2n) is 3.98. The molecule has 0 saturated carbocycles. The average Bonchev–Trinajstić information content (AvgIpc) is 2.56. The number of benzene rings is 1. The quantitative estimate of drug-likeness (QED) is 0.662. The van der Waals surface area contributed by atoms with E-state index in [0.717, 1.165) is 0 Å². The first-order chi connectivity index (χ1) is 8.40. The number of carbonyl (C=O) groups is 1. The molecule has 1 heterocycles. The fourth-order valence-electron chi connectivity index (χ4n) is 1.91. The second kappa shape index (κ2) is 4.83. The van der Waals surface area contributed by atoms with Crippen molar-refractivity contribution in [3.8, 4) is 0 Å². The average molecular weight is 335 g/mol. The van der Waals surface area contributed by atoms with E-state index in [0.29, 0.717) is 4.47 Å². The molecule has 0 bridgehead atoms. The van der Waals surface area contributed by atoms with E-state index in [1.165, 1.54) is 17.0 Å². The molecular weight excluding hydrogens is 325 g/mol. The van der Waals surface area contributed by atoms with Crippen molar-refractivity contribution in [1.29, 1.82) is 0 Å². The molecule has 2 rings (SSSR count). The van der Waals surface area contributed by atoms with E-state index in [1.54, 1.807) is 0 Å². The highest BCUT2D eigenvalue weighted by Gasteiger charge is 2.34. The predicted molar refractivity (Wildman–Crippen MR) is 70.8 cm³/mol. The van der Waals surface area contributed by atoms with Gasteiger partial charge in [-0.1, -0.05) is 27.5 Å². The lowest BCUT2D eigenvalue weighted by Gasteiger charge is -2.17. The van der Waals surface area contributed by atoms with Crippen LogP contribution in [0.1, 0.15) is 6.42 Å². The molecule has 1 aromatic rings. The number of nitrogens with zero attached hydrogens (tertiary/aromatic N) is 2. The molecule has 2 N–H and O–H groups in total. The zero-order valence-electron chi connectivity index (χ0n) is 9.10. The standard InChI is InChI=1S/C10H9BrClN3O3/c11-5-1-7(12)10(8(2-5)15(17)18)14-4-6(13)3-9(14)16/h1-2,6H,3-4,13H2. The van der Waals surface area contributed by atoms with E-state index in [2.05, 4.69) is 15.9 Å². The first-order valence-corrected chi connectivity index (χ1v) is 6.26. The van der Waals surface area contributed by atoms with Gasteiger partial charge >= 0.3 is 0 Å². The monoisotopic (exact) mass is 333 g/mol. The van der Waals surface area contributed by atoms with Gasteiger partial charge in [-0.25, -0.2) is 0 Å². The Morgan fingerprint density at radius 2 is 2.22 bits per heavy atom. The Hall–Kier alpha value is -1.18. The largest absolute Gasteiger partial charge is 0.326 e. The number of hydrogen-bond donors (Lipinski definition) is 1. The van der Waals surface area contributed by atoms with Crippen LogP contribution >= 0.6 is 27.5 Å². The summed E-state index contributed by atoms with van der Waals surface area (Å²) in [6.45, 7) is 0.237. The minimum Gasteiger partial charge on any atom is -0.326 e. The Balaban J connectivity index is 2.56. The molecule has 0 aromatic heterocycles. The van der Waals surface area contributed by atoms with Crippen LogP contribution in [0.4, 0.5) is 11.4 Å². The van der Waals surface area contributed by atoms with Crippen molar-refractivity contribution in [3.05, 3.63) is 31.7 Å². The first kappa shape index (κ1) is 13.3. The van der Waals surface area contributed by atoms with Crippen molar-refractivity contribution >= 4 is 44.8 Å². The Bertz CT molecular complexity index is 537.